The highest BCUT2D eigenvalue weighted by atomic mass is 15.2. The van der Waals surface area contributed by atoms with Crippen LogP contribution in [0.4, 0.5) is 0 Å². The number of unbranched alkanes of at least 4 members (excludes halogenated alkanes) is 1. The van der Waals surface area contributed by atoms with Crippen LogP contribution in [0.5, 0.6) is 0 Å². The van der Waals surface area contributed by atoms with E-state index < -0.39 is 0 Å². The Bertz CT molecular complexity index is 212. The molecule has 0 aromatic carbocycles. The zero-order valence-electron chi connectivity index (χ0n) is 9.08. The second-order valence-corrected chi connectivity index (χ2v) is 3.52. The molecular formula is C10H20N4. The van der Waals surface area contributed by atoms with E-state index in [0.29, 0.717) is 6.04 Å². The van der Waals surface area contributed by atoms with E-state index >= 15 is 0 Å². The van der Waals surface area contributed by atoms with E-state index in [1.807, 2.05) is 0 Å². The van der Waals surface area contributed by atoms with Crippen LogP contribution in [0.2, 0.25) is 0 Å². The van der Waals surface area contributed by atoms with Gasteiger partial charge < -0.3 is 5.32 Å². The first-order valence-electron chi connectivity index (χ1n) is 5.47. The fourth-order valence-electron chi connectivity index (χ4n) is 1.45. The van der Waals surface area contributed by atoms with E-state index in [2.05, 4.69) is 34.3 Å². The first kappa shape index (κ1) is 11.2. The molecule has 0 spiro atoms. The van der Waals surface area contributed by atoms with Gasteiger partial charge >= 0.3 is 0 Å². The van der Waals surface area contributed by atoms with E-state index in [1.165, 1.54) is 12.8 Å². The molecule has 0 aliphatic heterocycles. The van der Waals surface area contributed by atoms with Crippen LogP contribution in [0, 0.1) is 0 Å². The highest BCUT2D eigenvalue weighted by Crippen LogP contribution is 2.14. The maximum absolute atomic E-state index is 4.19. The van der Waals surface area contributed by atoms with Crippen molar-refractivity contribution in [1.82, 2.24) is 20.5 Å². The predicted molar refractivity (Wildman–Crippen MR) is 56.9 cm³/mol. The van der Waals surface area contributed by atoms with Crippen molar-refractivity contribution >= 4 is 0 Å². The smallest absolute Gasteiger partial charge is 0.141 e. The summed E-state index contributed by atoms with van der Waals surface area (Å²) in [6.45, 7) is 5.41. The summed E-state index contributed by atoms with van der Waals surface area (Å²) >= 11 is 0. The SMILES string of the molecule is CCCCC(NCCC)c1ncn[nH]1. The number of rotatable bonds is 7. The lowest BCUT2D eigenvalue weighted by molar-refractivity contribution is 0.462. The molecule has 1 heterocycles. The normalized spacial score (nSPS) is 13.0. The lowest BCUT2D eigenvalue weighted by atomic mass is 10.1. The molecule has 1 rings (SSSR count). The van der Waals surface area contributed by atoms with Gasteiger partial charge in [0.1, 0.15) is 12.2 Å². The van der Waals surface area contributed by atoms with Gasteiger partial charge in [0, 0.05) is 0 Å². The Balaban J connectivity index is 2.44. The first-order valence-corrected chi connectivity index (χ1v) is 5.47. The summed E-state index contributed by atoms with van der Waals surface area (Å²) in [4.78, 5) is 4.19. The quantitative estimate of drug-likeness (QED) is 0.701. The van der Waals surface area contributed by atoms with E-state index in [9.17, 15) is 0 Å². The van der Waals surface area contributed by atoms with E-state index in [4.69, 9.17) is 0 Å². The molecule has 4 nitrogen and oxygen atoms in total. The zero-order valence-corrected chi connectivity index (χ0v) is 9.08. The first-order chi connectivity index (χ1) is 6.88. The van der Waals surface area contributed by atoms with Gasteiger partial charge in [-0.05, 0) is 19.4 Å². The summed E-state index contributed by atoms with van der Waals surface area (Å²) in [6.07, 6.45) is 6.30. The largest absolute Gasteiger partial charge is 0.307 e. The van der Waals surface area contributed by atoms with E-state index in [0.717, 1.165) is 25.2 Å². The lowest BCUT2D eigenvalue weighted by Crippen LogP contribution is -2.23. The fourth-order valence-corrected chi connectivity index (χ4v) is 1.45. The third-order valence-corrected chi connectivity index (χ3v) is 2.25. The average Bonchev–Trinajstić information content (AvgIpc) is 2.71. The van der Waals surface area contributed by atoms with Crippen molar-refractivity contribution in [2.24, 2.45) is 0 Å². The molecular weight excluding hydrogens is 176 g/mol. The number of hydrogen-bond donors (Lipinski definition) is 2. The molecule has 80 valence electrons. The number of nitrogens with one attached hydrogen (secondary N) is 2. The van der Waals surface area contributed by atoms with Crippen LogP contribution in [-0.2, 0) is 0 Å². The number of nitrogens with zero attached hydrogens (tertiary/aromatic N) is 2. The fraction of sp³-hybridized carbons (Fsp3) is 0.800. The molecule has 1 aromatic rings. The van der Waals surface area contributed by atoms with E-state index in [1.54, 1.807) is 6.33 Å². The Morgan fingerprint density at radius 2 is 2.29 bits per heavy atom. The standard InChI is InChI=1S/C10H20N4/c1-3-5-6-9(11-7-4-2)10-12-8-13-14-10/h8-9,11H,3-7H2,1-2H3,(H,12,13,14). The van der Waals surface area contributed by atoms with Crippen LogP contribution < -0.4 is 5.32 Å². The minimum Gasteiger partial charge on any atom is -0.307 e. The van der Waals surface area contributed by atoms with Gasteiger partial charge in [-0.2, -0.15) is 5.10 Å². The Kier molecular flexibility index (Phi) is 5.22. The van der Waals surface area contributed by atoms with Gasteiger partial charge in [0.2, 0.25) is 0 Å². The summed E-state index contributed by atoms with van der Waals surface area (Å²) in [5, 5.41) is 10.3. The van der Waals surface area contributed by atoms with Crippen molar-refractivity contribution in [2.75, 3.05) is 6.54 Å². The monoisotopic (exact) mass is 196 g/mol. The van der Waals surface area contributed by atoms with Gasteiger partial charge in [-0.25, -0.2) is 4.98 Å². The molecule has 14 heavy (non-hydrogen) atoms. The molecule has 0 amide bonds. The summed E-state index contributed by atoms with van der Waals surface area (Å²) < 4.78 is 0. The molecule has 1 aromatic heterocycles. The molecule has 1 atom stereocenters. The van der Waals surface area contributed by atoms with Crippen molar-refractivity contribution in [2.45, 2.75) is 45.6 Å². The number of aromatic amines is 1. The van der Waals surface area contributed by atoms with Crippen molar-refractivity contribution < 1.29 is 0 Å². The lowest BCUT2D eigenvalue weighted by Gasteiger charge is -2.14. The third kappa shape index (κ3) is 3.46. The molecule has 0 radical (unpaired) electrons. The van der Waals surface area contributed by atoms with Gasteiger partial charge in [0.25, 0.3) is 0 Å². The molecule has 0 saturated carbocycles. The molecule has 1 unspecified atom stereocenters. The van der Waals surface area contributed by atoms with Crippen LogP contribution >= 0.6 is 0 Å². The zero-order chi connectivity index (χ0) is 10.2. The van der Waals surface area contributed by atoms with Crippen molar-refractivity contribution in [1.29, 1.82) is 0 Å². The molecule has 4 heteroatoms. The molecule has 0 saturated heterocycles. The molecule has 2 N–H and O–H groups in total. The Labute approximate surface area is 85.5 Å². The average molecular weight is 196 g/mol. The second kappa shape index (κ2) is 6.54. The predicted octanol–water partition coefficient (Wildman–Crippen LogP) is 2.04. The van der Waals surface area contributed by atoms with Crippen LogP contribution in [0.3, 0.4) is 0 Å². The van der Waals surface area contributed by atoms with Crippen molar-refractivity contribution in [3.63, 3.8) is 0 Å². The summed E-state index contributed by atoms with van der Waals surface area (Å²) in [5.74, 6) is 0.965. The third-order valence-electron chi connectivity index (χ3n) is 2.25. The topological polar surface area (TPSA) is 53.6 Å². The number of H-pyrrole nitrogens is 1. The van der Waals surface area contributed by atoms with Gasteiger partial charge in [-0.3, -0.25) is 5.10 Å². The Morgan fingerprint density at radius 1 is 1.43 bits per heavy atom. The van der Waals surface area contributed by atoms with Crippen LogP contribution in [-0.4, -0.2) is 21.7 Å². The van der Waals surface area contributed by atoms with Crippen LogP contribution in [0.15, 0.2) is 6.33 Å². The van der Waals surface area contributed by atoms with E-state index in [-0.39, 0.29) is 0 Å². The number of aromatic nitrogens is 3. The molecule has 0 aliphatic carbocycles. The van der Waals surface area contributed by atoms with Gasteiger partial charge in [0.05, 0.1) is 6.04 Å². The minimum atomic E-state index is 0.345. The highest BCUT2D eigenvalue weighted by Gasteiger charge is 2.11. The summed E-state index contributed by atoms with van der Waals surface area (Å²) in [5.41, 5.74) is 0. The minimum absolute atomic E-state index is 0.345. The van der Waals surface area contributed by atoms with Gasteiger partial charge in [-0.1, -0.05) is 26.7 Å². The van der Waals surface area contributed by atoms with Crippen LogP contribution in [0.25, 0.3) is 0 Å². The summed E-state index contributed by atoms with van der Waals surface area (Å²) in [7, 11) is 0. The van der Waals surface area contributed by atoms with Crippen molar-refractivity contribution in [3.8, 4) is 0 Å². The summed E-state index contributed by atoms with van der Waals surface area (Å²) in [6, 6.07) is 0.345. The highest BCUT2D eigenvalue weighted by molar-refractivity contribution is 4.90. The maximum atomic E-state index is 4.19. The molecule has 0 bridgehead atoms. The van der Waals surface area contributed by atoms with Gasteiger partial charge in [0.15, 0.2) is 0 Å². The van der Waals surface area contributed by atoms with Crippen molar-refractivity contribution in [3.05, 3.63) is 12.2 Å². The number of hydrogen-bond acceptors (Lipinski definition) is 3. The Morgan fingerprint density at radius 3 is 2.86 bits per heavy atom. The molecule has 0 aliphatic rings. The molecule has 0 fully saturated rings. The Hall–Kier alpha value is -0.900. The van der Waals surface area contributed by atoms with Crippen LogP contribution in [0.1, 0.15) is 51.4 Å². The van der Waals surface area contributed by atoms with Gasteiger partial charge in [-0.15, -0.1) is 0 Å². The second-order valence-electron chi connectivity index (χ2n) is 3.52. The maximum Gasteiger partial charge on any atom is 0.141 e.